The number of aryl methyl sites for hydroxylation is 1. The zero-order chi connectivity index (χ0) is 17.8. The third-order valence-corrected chi connectivity index (χ3v) is 5.31. The lowest BCUT2D eigenvalue weighted by Gasteiger charge is -2.32. The number of likely N-dealkylation sites (tertiary alicyclic amines) is 1. The Kier molecular flexibility index (Phi) is 5.77. The van der Waals surface area contributed by atoms with Gasteiger partial charge in [-0.15, -0.1) is 0 Å². The zero-order valence-corrected chi connectivity index (χ0v) is 15.6. The van der Waals surface area contributed by atoms with Crippen molar-refractivity contribution in [3.63, 3.8) is 0 Å². The average molecular weight is 357 g/mol. The van der Waals surface area contributed by atoms with Crippen LogP contribution >= 0.6 is 11.6 Å². The highest BCUT2D eigenvalue weighted by molar-refractivity contribution is 6.30. The number of halogens is 1. The SMILES string of the molecule is Cc1cccc(NC(=O)[C@H]2CCCN(Cc3ccc(Cl)cc3)C2)c1C. The van der Waals surface area contributed by atoms with Crippen LogP contribution in [0.5, 0.6) is 0 Å². The van der Waals surface area contributed by atoms with Crippen molar-refractivity contribution in [3.05, 3.63) is 64.2 Å². The Hall–Kier alpha value is -1.84. The van der Waals surface area contributed by atoms with Crippen molar-refractivity contribution in [2.24, 2.45) is 5.92 Å². The summed E-state index contributed by atoms with van der Waals surface area (Å²) in [5, 5.41) is 3.89. The van der Waals surface area contributed by atoms with Crippen molar-refractivity contribution in [2.45, 2.75) is 33.2 Å². The molecule has 0 aliphatic carbocycles. The third kappa shape index (κ3) is 4.62. The standard InChI is InChI=1S/C21H25ClN2O/c1-15-5-3-7-20(16(15)2)23-21(25)18-6-4-12-24(14-18)13-17-8-10-19(22)11-9-17/h3,5,7-11,18H,4,6,12-14H2,1-2H3,(H,23,25)/t18-/m0/s1. The van der Waals surface area contributed by atoms with Crippen LogP contribution in [-0.4, -0.2) is 23.9 Å². The number of benzene rings is 2. The van der Waals surface area contributed by atoms with Gasteiger partial charge in [0.15, 0.2) is 0 Å². The molecule has 1 atom stereocenters. The molecule has 0 unspecified atom stereocenters. The first-order valence-corrected chi connectivity index (χ1v) is 9.24. The van der Waals surface area contributed by atoms with Gasteiger partial charge in [0.2, 0.25) is 5.91 Å². The monoisotopic (exact) mass is 356 g/mol. The molecule has 4 heteroatoms. The summed E-state index contributed by atoms with van der Waals surface area (Å²) in [7, 11) is 0. The molecular formula is C21H25ClN2O. The molecule has 1 saturated heterocycles. The summed E-state index contributed by atoms with van der Waals surface area (Å²) in [6.45, 7) is 6.83. The smallest absolute Gasteiger partial charge is 0.228 e. The van der Waals surface area contributed by atoms with E-state index in [9.17, 15) is 4.79 Å². The lowest BCUT2D eigenvalue weighted by molar-refractivity contribution is -0.121. The molecule has 132 valence electrons. The van der Waals surface area contributed by atoms with E-state index in [1.807, 2.05) is 24.3 Å². The highest BCUT2D eigenvalue weighted by Crippen LogP contribution is 2.23. The molecule has 25 heavy (non-hydrogen) atoms. The van der Waals surface area contributed by atoms with Gasteiger partial charge in [0.1, 0.15) is 0 Å². The number of anilines is 1. The topological polar surface area (TPSA) is 32.3 Å². The number of carbonyl (C=O) groups is 1. The van der Waals surface area contributed by atoms with Gasteiger partial charge < -0.3 is 5.32 Å². The van der Waals surface area contributed by atoms with Gasteiger partial charge >= 0.3 is 0 Å². The van der Waals surface area contributed by atoms with E-state index in [2.05, 4.69) is 42.3 Å². The minimum atomic E-state index is 0.0426. The Balaban J connectivity index is 1.61. The van der Waals surface area contributed by atoms with Crippen molar-refractivity contribution in [1.82, 2.24) is 4.90 Å². The molecule has 1 N–H and O–H groups in total. The first kappa shape index (κ1) is 18.0. The van der Waals surface area contributed by atoms with Crippen molar-refractivity contribution in [3.8, 4) is 0 Å². The van der Waals surface area contributed by atoms with Crippen LogP contribution < -0.4 is 5.32 Å². The summed E-state index contributed by atoms with van der Waals surface area (Å²) in [4.78, 5) is 15.1. The van der Waals surface area contributed by atoms with E-state index >= 15 is 0 Å². The maximum absolute atomic E-state index is 12.7. The van der Waals surface area contributed by atoms with Gasteiger partial charge in [-0.1, -0.05) is 35.9 Å². The lowest BCUT2D eigenvalue weighted by atomic mass is 9.96. The van der Waals surface area contributed by atoms with Crippen LogP contribution in [0.1, 0.15) is 29.5 Å². The number of hydrogen-bond acceptors (Lipinski definition) is 2. The Morgan fingerprint density at radius 2 is 1.96 bits per heavy atom. The van der Waals surface area contributed by atoms with Gasteiger partial charge in [-0.2, -0.15) is 0 Å². The van der Waals surface area contributed by atoms with Crippen molar-refractivity contribution >= 4 is 23.2 Å². The predicted octanol–water partition coefficient (Wildman–Crippen LogP) is 4.81. The summed E-state index contributed by atoms with van der Waals surface area (Å²) in [5.41, 5.74) is 4.51. The average Bonchev–Trinajstić information content (AvgIpc) is 2.61. The maximum atomic E-state index is 12.7. The Morgan fingerprint density at radius 1 is 1.20 bits per heavy atom. The lowest BCUT2D eigenvalue weighted by Crippen LogP contribution is -2.40. The Labute approximate surface area is 155 Å². The molecule has 3 nitrogen and oxygen atoms in total. The van der Waals surface area contributed by atoms with E-state index in [1.165, 1.54) is 11.1 Å². The first-order valence-electron chi connectivity index (χ1n) is 8.87. The Bertz CT molecular complexity index is 742. The maximum Gasteiger partial charge on any atom is 0.228 e. The van der Waals surface area contributed by atoms with Crippen molar-refractivity contribution in [2.75, 3.05) is 18.4 Å². The summed E-state index contributed by atoms with van der Waals surface area (Å²) in [6, 6.07) is 14.0. The fourth-order valence-electron chi connectivity index (χ4n) is 3.38. The quantitative estimate of drug-likeness (QED) is 0.852. The molecule has 1 aliphatic rings. The summed E-state index contributed by atoms with van der Waals surface area (Å²) >= 11 is 5.95. The number of amides is 1. The van der Waals surface area contributed by atoms with Crippen LogP contribution in [0.15, 0.2) is 42.5 Å². The van der Waals surface area contributed by atoms with Gasteiger partial charge in [0, 0.05) is 23.8 Å². The molecule has 0 aromatic heterocycles. The normalized spacial score (nSPS) is 18.1. The molecular weight excluding hydrogens is 332 g/mol. The van der Waals surface area contributed by atoms with Crippen LogP contribution in [0.4, 0.5) is 5.69 Å². The zero-order valence-electron chi connectivity index (χ0n) is 14.9. The predicted molar refractivity (Wildman–Crippen MR) is 104 cm³/mol. The molecule has 2 aromatic carbocycles. The highest BCUT2D eigenvalue weighted by Gasteiger charge is 2.26. The van der Waals surface area contributed by atoms with Gasteiger partial charge in [0.05, 0.1) is 5.92 Å². The molecule has 1 heterocycles. The van der Waals surface area contributed by atoms with Gasteiger partial charge in [-0.05, 0) is 68.1 Å². The summed E-state index contributed by atoms with van der Waals surface area (Å²) < 4.78 is 0. The second-order valence-electron chi connectivity index (χ2n) is 6.94. The van der Waals surface area contributed by atoms with Crippen LogP contribution in [0.25, 0.3) is 0 Å². The number of piperidine rings is 1. The van der Waals surface area contributed by atoms with Gasteiger partial charge in [-0.3, -0.25) is 9.69 Å². The number of rotatable bonds is 4. The third-order valence-electron chi connectivity index (χ3n) is 5.06. The number of nitrogens with one attached hydrogen (secondary N) is 1. The van der Waals surface area contributed by atoms with E-state index in [1.54, 1.807) is 0 Å². The molecule has 0 radical (unpaired) electrons. The van der Waals surface area contributed by atoms with Crippen LogP contribution in [0, 0.1) is 19.8 Å². The van der Waals surface area contributed by atoms with Crippen LogP contribution in [0.2, 0.25) is 5.02 Å². The summed E-state index contributed by atoms with van der Waals surface area (Å²) in [6.07, 6.45) is 2.01. The van der Waals surface area contributed by atoms with E-state index in [0.29, 0.717) is 0 Å². The number of nitrogens with zero attached hydrogens (tertiary/aromatic N) is 1. The Morgan fingerprint density at radius 3 is 2.72 bits per heavy atom. The first-order chi connectivity index (χ1) is 12.0. The molecule has 1 amide bonds. The second-order valence-corrected chi connectivity index (χ2v) is 7.37. The fraction of sp³-hybridized carbons (Fsp3) is 0.381. The van der Waals surface area contributed by atoms with Gasteiger partial charge in [-0.25, -0.2) is 0 Å². The van der Waals surface area contributed by atoms with Crippen molar-refractivity contribution in [1.29, 1.82) is 0 Å². The van der Waals surface area contributed by atoms with Gasteiger partial charge in [0.25, 0.3) is 0 Å². The second kappa shape index (κ2) is 8.03. The van der Waals surface area contributed by atoms with E-state index < -0.39 is 0 Å². The molecule has 2 aromatic rings. The molecule has 1 aliphatic heterocycles. The largest absolute Gasteiger partial charge is 0.326 e. The number of hydrogen-bond donors (Lipinski definition) is 1. The van der Waals surface area contributed by atoms with E-state index in [4.69, 9.17) is 11.6 Å². The molecule has 0 spiro atoms. The molecule has 0 saturated carbocycles. The fourth-order valence-corrected chi connectivity index (χ4v) is 3.51. The van der Waals surface area contributed by atoms with Crippen LogP contribution in [-0.2, 0) is 11.3 Å². The van der Waals surface area contributed by atoms with E-state index in [-0.39, 0.29) is 11.8 Å². The molecule has 3 rings (SSSR count). The summed E-state index contributed by atoms with van der Waals surface area (Å²) in [5.74, 6) is 0.176. The van der Waals surface area contributed by atoms with Crippen molar-refractivity contribution < 1.29 is 4.79 Å². The minimum Gasteiger partial charge on any atom is -0.326 e. The number of carbonyl (C=O) groups excluding carboxylic acids is 1. The van der Waals surface area contributed by atoms with Crippen LogP contribution in [0.3, 0.4) is 0 Å². The molecule has 0 bridgehead atoms. The van der Waals surface area contributed by atoms with E-state index in [0.717, 1.165) is 48.7 Å². The minimum absolute atomic E-state index is 0.0426. The molecule has 1 fully saturated rings. The highest BCUT2D eigenvalue weighted by atomic mass is 35.5.